The van der Waals surface area contributed by atoms with Crippen molar-refractivity contribution < 1.29 is 27.8 Å². The monoisotopic (exact) mass is 304 g/mol. The Bertz CT molecular complexity index is 546. The highest BCUT2D eigenvalue weighted by Crippen LogP contribution is 2.17. The molecule has 0 radical (unpaired) electrons. The molecule has 3 N–H and O–H groups in total. The molecule has 0 amide bonds. The van der Waals surface area contributed by atoms with Crippen molar-refractivity contribution in [1.82, 2.24) is 4.72 Å². The number of hydrogen-bond donors (Lipinski definition) is 3. The van der Waals surface area contributed by atoms with E-state index >= 15 is 0 Å². The maximum atomic E-state index is 11.6. The normalized spacial score (nSPS) is 11.1. The first-order valence-corrected chi connectivity index (χ1v) is 7.12. The Labute approximate surface area is 116 Å². The fraction of sp³-hybridized carbons (Fsp3) is 0.364. The van der Waals surface area contributed by atoms with E-state index < -0.39 is 22.8 Å². The van der Waals surface area contributed by atoms with Gasteiger partial charge in [-0.1, -0.05) is 6.07 Å². The fourth-order valence-electron chi connectivity index (χ4n) is 1.26. The molecule has 0 atom stereocenters. The minimum atomic E-state index is -3.71. The van der Waals surface area contributed by atoms with E-state index in [-0.39, 0.29) is 24.6 Å². The lowest BCUT2D eigenvalue weighted by molar-refractivity contribution is -0.139. The van der Waals surface area contributed by atoms with Gasteiger partial charge in [-0.25, -0.2) is 4.79 Å². The summed E-state index contributed by atoms with van der Waals surface area (Å²) in [5.41, 5.74) is 0.262. The van der Waals surface area contributed by atoms with Gasteiger partial charge in [-0.2, -0.15) is 13.1 Å². The van der Waals surface area contributed by atoms with Crippen LogP contribution in [0.5, 0.6) is 5.75 Å². The molecule has 0 bridgehead atoms. The van der Waals surface area contributed by atoms with E-state index in [2.05, 4.69) is 9.44 Å². The van der Waals surface area contributed by atoms with Crippen molar-refractivity contribution >= 4 is 21.9 Å². The predicted molar refractivity (Wildman–Crippen MR) is 72.0 cm³/mol. The van der Waals surface area contributed by atoms with Crippen LogP contribution in [0.2, 0.25) is 0 Å². The van der Waals surface area contributed by atoms with Gasteiger partial charge in [0.15, 0.2) is 6.61 Å². The van der Waals surface area contributed by atoms with Crippen molar-refractivity contribution in [3.05, 3.63) is 24.3 Å². The van der Waals surface area contributed by atoms with Gasteiger partial charge in [-0.3, -0.25) is 4.72 Å². The summed E-state index contributed by atoms with van der Waals surface area (Å²) < 4.78 is 37.5. The first kappa shape index (κ1) is 16.2. The van der Waals surface area contributed by atoms with E-state index in [9.17, 15) is 13.2 Å². The fourth-order valence-corrected chi connectivity index (χ4v) is 2.13. The van der Waals surface area contributed by atoms with Crippen LogP contribution < -0.4 is 14.2 Å². The maximum Gasteiger partial charge on any atom is 0.341 e. The SMILES string of the molecule is COCCNS(=O)(=O)Nc1cccc(OCC(=O)O)c1. The Hall–Kier alpha value is -1.84. The second kappa shape index (κ2) is 7.68. The smallest absolute Gasteiger partial charge is 0.341 e. The Kier molecular flexibility index (Phi) is 6.22. The lowest BCUT2D eigenvalue weighted by Crippen LogP contribution is -2.32. The number of carboxylic acid groups (broad SMARTS) is 1. The van der Waals surface area contributed by atoms with Gasteiger partial charge >= 0.3 is 5.97 Å². The molecule has 0 fully saturated rings. The molecule has 0 aliphatic carbocycles. The van der Waals surface area contributed by atoms with Gasteiger partial charge in [0.1, 0.15) is 5.75 Å². The molecule has 0 aromatic heterocycles. The standard InChI is InChI=1S/C11H16N2O6S/c1-18-6-5-12-20(16,17)13-9-3-2-4-10(7-9)19-8-11(14)15/h2-4,7,12-13H,5-6,8H2,1H3,(H,14,15). The summed E-state index contributed by atoms with van der Waals surface area (Å²) in [6.45, 7) is -0.105. The minimum absolute atomic E-state index is 0.140. The zero-order valence-electron chi connectivity index (χ0n) is 10.8. The average Bonchev–Trinajstić information content (AvgIpc) is 2.36. The van der Waals surface area contributed by atoms with Gasteiger partial charge in [-0.15, -0.1) is 0 Å². The second-order valence-corrected chi connectivity index (χ2v) is 5.20. The van der Waals surface area contributed by atoms with Crippen molar-refractivity contribution in [2.24, 2.45) is 0 Å². The molecule has 0 aliphatic rings. The Morgan fingerprint density at radius 2 is 2.15 bits per heavy atom. The molecular weight excluding hydrogens is 288 g/mol. The molecule has 1 aromatic carbocycles. The quantitative estimate of drug-likeness (QED) is 0.555. The van der Waals surface area contributed by atoms with Gasteiger partial charge in [-0.05, 0) is 12.1 Å². The predicted octanol–water partition coefficient (Wildman–Crippen LogP) is 0.0427. The van der Waals surface area contributed by atoms with Crippen LogP contribution in [-0.4, -0.2) is 46.4 Å². The van der Waals surface area contributed by atoms with Crippen molar-refractivity contribution in [2.75, 3.05) is 31.6 Å². The van der Waals surface area contributed by atoms with E-state index in [1.165, 1.54) is 25.3 Å². The number of carbonyl (C=O) groups is 1. The molecule has 0 unspecified atom stereocenters. The molecule has 1 aromatic rings. The van der Waals surface area contributed by atoms with Gasteiger partial charge in [0, 0.05) is 19.7 Å². The zero-order valence-corrected chi connectivity index (χ0v) is 11.6. The second-order valence-electron chi connectivity index (χ2n) is 3.70. The van der Waals surface area contributed by atoms with Crippen molar-refractivity contribution in [3.63, 3.8) is 0 Å². The van der Waals surface area contributed by atoms with E-state index in [1.54, 1.807) is 6.07 Å². The number of benzene rings is 1. The highest BCUT2D eigenvalue weighted by molar-refractivity contribution is 7.90. The largest absolute Gasteiger partial charge is 0.482 e. The molecule has 0 saturated heterocycles. The van der Waals surface area contributed by atoms with Crippen LogP contribution in [0.1, 0.15) is 0 Å². The van der Waals surface area contributed by atoms with Gasteiger partial charge < -0.3 is 14.6 Å². The number of aliphatic carboxylic acids is 1. The third-order valence-electron chi connectivity index (χ3n) is 2.05. The summed E-state index contributed by atoms with van der Waals surface area (Å²) in [5.74, 6) is -0.860. The van der Waals surface area contributed by atoms with E-state index in [0.717, 1.165) is 0 Å². The third-order valence-corrected chi connectivity index (χ3v) is 3.14. The number of anilines is 1. The van der Waals surface area contributed by atoms with Gasteiger partial charge in [0.2, 0.25) is 0 Å². The summed E-state index contributed by atoms with van der Waals surface area (Å²) in [6, 6.07) is 5.98. The van der Waals surface area contributed by atoms with Crippen LogP contribution >= 0.6 is 0 Å². The number of hydrogen-bond acceptors (Lipinski definition) is 5. The van der Waals surface area contributed by atoms with Gasteiger partial charge in [0.05, 0.1) is 12.3 Å². The molecule has 0 spiro atoms. The number of carboxylic acids is 1. The topological polar surface area (TPSA) is 114 Å². The summed E-state index contributed by atoms with van der Waals surface area (Å²) in [7, 11) is -2.24. The van der Waals surface area contributed by atoms with E-state index in [4.69, 9.17) is 14.6 Å². The first-order valence-electron chi connectivity index (χ1n) is 5.64. The minimum Gasteiger partial charge on any atom is -0.482 e. The summed E-state index contributed by atoms with van der Waals surface area (Å²) >= 11 is 0. The van der Waals surface area contributed by atoms with Crippen molar-refractivity contribution in [3.8, 4) is 5.75 Å². The van der Waals surface area contributed by atoms with Crippen LogP contribution in [-0.2, 0) is 19.7 Å². The summed E-state index contributed by atoms with van der Waals surface area (Å²) in [5, 5.41) is 8.49. The lowest BCUT2D eigenvalue weighted by atomic mass is 10.3. The van der Waals surface area contributed by atoms with Gasteiger partial charge in [0.25, 0.3) is 10.2 Å². The molecule has 8 nitrogen and oxygen atoms in total. The highest BCUT2D eigenvalue weighted by atomic mass is 32.2. The summed E-state index contributed by atoms with van der Waals surface area (Å²) in [6.07, 6.45) is 0. The molecule has 0 aliphatic heterocycles. The van der Waals surface area contributed by atoms with Crippen LogP contribution in [0.3, 0.4) is 0 Å². The Morgan fingerprint density at radius 1 is 1.40 bits per heavy atom. The molecule has 9 heteroatoms. The van der Waals surface area contributed by atoms with Crippen molar-refractivity contribution in [1.29, 1.82) is 0 Å². The molecule has 1 rings (SSSR count). The zero-order chi connectivity index (χ0) is 15.0. The third kappa shape index (κ3) is 6.36. The first-order chi connectivity index (χ1) is 9.43. The molecule has 20 heavy (non-hydrogen) atoms. The Morgan fingerprint density at radius 3 is 2.80 bits per heavy atom. The summed E-state index contributed by atoms with van der Waals surface area (Å²) in [4.78, 5) is 10.4. The molecule has 0 heterocycles. The number of rotatable bonds is 9. The molecule has 112 valence electrons. The van der Waals surface area contributed by atoms with Crippen LogP contribution in [0, 0.1) is 0 Å². The average molecular weight is 304 g/mol. The Balaban J connectivity index is 2.63. The molecule has 0 saturated carbocycles. The van der Waals surface area contributed by atoms with E-state index in [1.807, 2.05) is 0 Å². The van der Waals surface area contributed by atoms with Crippen molar-refractivity contribution in [2.45, 2.75) is 0 Å². The van der Waals surface area contributed by atoms with Crippen LogP contribution in [0.15, 0.2) is 24.3 Å². The highest BCUT2D eigenvalue weighted by Gasteiger charge is 2.09. The number of nitrogens with one attached hydrogen (secondary N) is 2. The maximum absolute atomic E-state index is 11.6. The number of ether oxygens (including phenoxy) is 2. The van der Waals surface area contributed by atoms with E-state index in [0.29, 0.717) is 0 Å². The number of methoxy groups -OCH3 is 1. The molecular formula is C11H16N2O6S. The van der Waals surface area contributed by atoms with Crippen LogP contribution in [0.4, 0.5) is 5.69 Å². The van der Waals surface area contributed by atoms with Crippen LogP contribution in [0.25, 0.3) is 0 Å². The lowest BCUT2D eigenvalue weighted by Gasteiger charge is -2.10.